The largest absolute Gasteiger partial charge is 0.349 e. The van der Waals surface area contributed by atoms with Crippen LogP contribution in [0.4, 0.5) is 4.39 Å². The maximum absolute atomic E-state index is 12.9. The predicted molar refractivity (Wildman–Crippen MR) is 88.7 cm³/mol. The summed E-state index contributed by atoms with van der Waals surface area (Å²) < 4.78 is 14.9. The molecule has 0 saturated heterocycles. The molecule has 7 heteroatoms. The summed E-state index contributed by atoms with van der Waals surface area (Å²) in [6, 6.07) is 6.18. The third-order valence-corrected chi connectivity index (χ3v) is 4.55. The third kappa shape index (κ3) is 4.54. The zero-order valence-electron chi connectivity index (χ0n) is 13.7. The first-order valence-corrected chi connectivity index (χ1v) is 8.38. The van der Waals surface area contributed by atoms with Gasteiger partial charge in [0.2, 0.25) is 5.91 Å². The van der Waals surface area contributed by atoms with Crippen LogP contribution >= 0.6 is 11.8 Å². The Balaban J connectivity index is 1.97. The SMILES string of the molecule is CC(Sc1nncn1C(C)C)C(=O)NC(C)c1ccc(F)cc1. The summed E-state index contributed by atoms with van der Waals surface area (Å²) in [5, 5.41) is 11.3. The lowest BCUT2D eigenvalue weighted by molar-refractivity contribution is -0.120. The van der Waals surface area contributed by atoms with Crippen molar-refractivity contribution in [2.45, 2.75) is 50.2 Å². The number of carbonyl (C=O) groups excluding carboxylic acids is 1. The second-order valence-corrected chi connectivity index (χ2v) is 6.96. The maximum Gasteiger partial charge on any atom is 0.233 e. The normalized spacial score (nSPS) is 13.8. The zero-order chi connectivity index (χ0) is 17.0. The number of hydrogen-bond acceptors (Lipinski definition) is 4. The van der Waals surface area contributed by atoms with Gasteiger partial charge in [-0.05, 0) is 45.4 Å². The minimum atomic E-state index is -0.306. The van der Waals surface area contributed by atoms with Crippen LogP contribution in [0.3, 0.4) is 0 Å². The lowest BCUT2D eigenvalue weighted by Crippen LogP contribution is -2.33. The number of rotatable bonds is 6. The molecule has 0 aliphatic carbocycles. The van der Waals surface area contributed by atoms with Gasteiger partial charge in [0.15, 0.2) is 5.16 Å². The number of thioether (sulfide) groups is 1. The molecule has 0 fully saturated rings. The van der Waals surface area contributed by atoms with Crippen molar-refractivity contribution in [1.82, 2.24) is 20.1 Å². The minimum Gasteiger partial charge on any atom is -0.349 e. The standard InChI is InChI=1S/C16H21FN4OS/c1-10(2)21-9-18-20-16(21)23-12(4)15(22)19-11(3)13-5-7-14(17)8-6-13/h5-12H,1-4H3,(H,19,22). The highest BCUT2D eigenvalue weighted by atomic mass is 32.2. The van der Waals surface area contributed by atoms with Crippen LogP contribution in [0.5, 0.6) is 0 Å². The molecular formula is C16H21FN4OS. The fourth-order valence-corrected chi connectivity index (χ4v) is 3.01. The van der Waals surface area contributed by atoms with Gasteiger partial charge in [-0.25, -0.2) is 4.39 Å². The smallest absolute Gasteiger partial charge is 0.233 e. The molecule has 2 unspecified atom stereocenters. The average Bonchev–Trinajstić information content (AvgIpc) is 2.96. The summed E-state index contributed by atoms with van der Waals surface area (Å²) in [4.78, 5) is 12.3. The molecule has 5 nitrogen and oxygen atoms in total. The van der Waals surface area contributed by atoms with Gasteiger partial charge in [0.25, 0.3) is 0 Å². The molecule has 1 amide bonds. The predicted octanol–water partition coefficient (Wildman–Crippen LogP) is 3.36. The Hall–Kier alpha value is -1.89. The van der Waals surface area contributed by atoms with E-state index in [0.29, 0.717) is 0 Å². The lowest BCUT2D eigenvalue weighted by atomic mass is 10.1. The number of hydrogen-bond donors (Lipinski definition) is 1. The number of benzene rings is 1. The van der Waals surface area contributed by atoms with Crippen LogP contribution in [-0.4, -0.2) is 25.9 Å². The summed E-state index contributed by atoms with van der Waals surface area (Å²) in [5.74, 6) is -0.380. The molecule has 124 valence electrons. The van der Waals surface area contributed by atoms with Gasteiger partial charge in [-0.3, -0.25) is 4.79 Å². The van der Waals surface area contributed by atoms with Gasteiger partial charge in [0, 0.05) is 6.04 Å². The molecule has 1 heterocycles. The lowest BCUT2D eigenvalue weighted by Gasteiger charge is -2.18. The van der Waals surface area contributed by atoms with Crippen LogP contribution in [0.25, 0.3) is 0 Å². The van der Waals surface area contributed by atoms with Gasteiger partial charge in [-0.1, -0.05) is 23.9 Å². The van der Waals surface area contributed by atoms with Crippen molar-refractivity contribution in [1.29, 1.82) is 0 Å². The Morgan fingerprint density at radius 2 is 1.87 bits per heavy atom. The Bertz CT molecular complexity index is 656. The molecule has 0 aliphatic heterocycles. The topological polar surface area (TPSA) is 59.8 Å². The first-order chi connectivity index (χ1) is 10.9. The van der Waals surface area contributed by atoms with Gasteiger partial charge >= 0.3 is 0 Å². The van der Waals surface area contributed by atoms with Crippen molar-refractivity contribution in [3.05, 3.63) is 42.0 Å². The van der Waals surface area contributed by atoms with Gasteiger partial charge in [0.05, 0.1) is 11.3 Å². The Kier molecular flexibility index (Phi) is 5.76. The minimum absolute atomic E-state index is 0.0925. The summed E-state index contributed by atoms with van der Waals surface area (Å²) >= 11 is 1.37. The van der Waals surface area contributed by atoms with Crippen LogP contribution in [0.2, 0.25) is 0 Å². The molecule has 0 saturated carbocycles. The van der Waals surface area contributed by atoms with E-state index in [4.69, 9.17) is 0 Å². The fraction of sp³-hybridized carbons (Fsp3) is 0.438. The Labute approximate surface area is 139 Å². The number of aromatic nitrogens is 3. The van der Waals surface area contributed by atoms with Crippen molar-refractivity contribution in [2.24, 2.45) is 0 Å². The summed E-state index contributed by atoms with van der Waals surface area (Å²) in [6.45, 7) is 7.78. The van der Waals surface area contributed by atoms with Crippen LogP contribution < -0.4 is 5.32 Å². The molecule has 1 aromatic carbocycles. The van der Waals surface area contributed by atoms with E-state index in [1.165, 1.54) is 23.9 Å². The fourth-order valence-electron chi connectivity index (χ4n) is 2.05. The molecule has 0 bridgehead atoms. The number of nitrogens with zero attached hydrogens (tertiary/aromatic N) is 3. The molecule has 0 spiro atoms. The number of nitrogens with one attached hydrogen (secondary N) is 1. The first kappa shape index (κ1) is 17.5. The van der Waals surface area contributed by atoms with Crippen LogP contribution in [0.1, 0.15) is 45.3 Å². The van der Waals surface area contributed by atoms with Crippen molar-refractivity contribution in [3.63, 3.8) is 0 Å². The van der Waals surface area contributed by atoms with E-state index in [0.717, 1.165) is 10.7 Å². The Morgan fingerprint density at radius 3 is 2.48 bits per heavy atom. The van der Waals surface area contributed by atoms with E-state index in [-0.39, 0.29) is 29.1 Å². The zero-order valence-corrected chi connectivity index (χ0v) is 14.5. The second kappa shape index (κ2) is 7.59. The van der Waals surface area contributed by atoms with Gasteiger partial charge in [-0.2, -0.15) is 0 Å². The summed E-state index contributed by atoms with van der Waals surface area (Å²) in [6.07, 6.45) is 1.67. The monoisotopic (exact) mass is 336 g/mol. The molecule has 0 radical (unpaired) electrons. The van der Waals surface area contributed by atoms with Crippen molar-refractivity contribution < 1.29 is 9.18 Å². The van der Waals surface area contributed by atoms with Crippen LogP contribution in [0, 0.1) is 5.82 Å². The van der Waals surface area contributed by atoms with Crippen LogP contribution in [0.15, 0.2) is 35.7 Å². The van der Waals surface area contributed by atoms with Gasteiger partial charge < -0.3 is 9.88 Å². The highest BCUT2D eigenvalue weighted by Gasteiger charge is 2.20. The molecular weight excluding hydrogens is 315 g/mol. The third-order valence-electron chi connectivity index (χ3n) is 3.48. The molecule has 2 atom stereocenters. The van der Waals surface area contributed by atoms with Gasteiger partial charge in [-0.15, -0.1) is 10.2 Å². The molecule has 2 rings (SSSR count). The van der Waals surface area contributed by atoms with E-state index in [1.54, 1.807) is 18.5 Å². The summed E-state index contributed by atoms with van der Waals surface area (Å²) in [5.41, 5.74) is 0.863. The molecule has 1 aromatic heterocycles. The highest BCUT2D eigenvalue weighted by Crippen LogP contribution is 2.24. The number of amides is 1. The van der Waals surface area contributed by atoms with Crippen molar-refractivity contribution in [3.8, 4) is 0 Å². The van der Waals surface area contributed by atoms with E-state index in [2.05, 4.69) is 15.5 Å². The van der Waals surface area contributed by atoms with Gasteiger partial charge in [0.1, 0.15) is 12.1 Å². The maximum atomic E-state index is 12.9. The molecule has 2 aromatic rings. The van der Waals surface area contributed by atoms with E-state index < -0.39 is 0 Å². The molecule has 1 N–H and O–H groups in total. The summed E-state index contributed by atoms with van der Waals surface area (Å²) in [7, 11) is 0. The number of carbonyl (C=O) groups is 1. The number of halogens is 1. The van der Waals surface area contributed by atoms with Crippen molar-refractivity contribution >= 4 is 17.7 Å². The average molecular weight is 336 g/mol. The molecule has 23 heavy (non-hydrogen) atoms. The first-order valence-electron chi connectivity index (χ1n) is 7.50. The van der Waals surface area contributed by atoms with Crippen LogP contribution in [-0.2, 0) is 4.79 Å². The molecule has 0 aliphatic rings. The second-order valence-electron chi connectivity index (χ2n) is 5.66. The Morgan fingerprint density at radius 1 is 1.22 bits per heavy atom. The quantitative estimate of drug-likeness (QED) is 0.822. The highest BCUT2D eigenvalue weighted by molar-refractivity contribution is 8.00. The van der Waals surface area contributed by atoms with E-state index in [9.17, 15) is 9.18 Å². The van der Waals surface area contributed by atoms with Crippen molar-refractivity contribution in [2.75, 3.05) is 0 Å². The van der Waals surface area contributed by atoms with E-state index in [1.807, 2.05) is 32.3 Å². The van der Waals surface area contributed by atoms with E-state index >= 15 is 0 Å².